The summed E-state index contributed by atoms with van der Waals surface area (Å²) < 4.78 is 24.3. The van der Waals surface area contributed by atoms with Gasteiger partial charge in [0.15, 0.2) is 0 Å². The van der Waals surface area contributed by atoms with E-state index in [1.807, 2.05) is 33.9 Å². The van der Waals surface area contributed by atoms with E-state index in [1.54, 1.807) is 28.4 Å². The first kappa shape index (κ1) is 28.5. The van der Waals surface area contributed by atoms with Gasteiger partial charge >= 0.3 is 66.7 Å². The van der Waals surface area contributed by atoms with Gasteiger partial charge < -0.3 is 18.9 Å². The molecule has 0 aliphatic heterocycles. The molecule has 0 aliphatic rings. The molecule has 0 bridgehead atoms. The second-order valence-corrected chi connectivity index (χ2v) is 7.81. The van der Waals surface area contributed by atoms with Crippen LogP contribution < -0.4 is 0 Å². The fraction of sp³-hybridized carbons (Fsp3) is 0.571. The summed E-state index contributed by atoms with van der Waals surface area (Å²) in [5.41, 5.74) is 1.48. The Kier molecular flexibility index (Phi) is 18.5. The Morgan fingerprint density at radius 2 is 1.04 bits per heavy atom. The van der Waals surface area contributed by atoms with E-state index in [9.17, 15) is 0 Å². The Morgan fingerprint density at radius 1 is 0.750 bits per heavy atom. The van der Waals surface area contributed by atoms with Crippen LogP contribution in [0.1, 0.15) is 24.0 Å². The van der Waals surface area contributed by atoms with Crippen molar-refractivity contribution in [2.75, 3.05) is 28.4 Å². The Bertz CT molecular complexity index is 563. The third-order valence-electron chi connectivity index (χ3n) is 3.22. The Labute approximate surface area is 194 Å². The molecule has 0 radical (unpaired) electrons. The molecule has 2 aromatic rings. The van der Waals surface area contributed by atoms with Crippen molar-refractivity contribution in [2.24, 2.45) is 0 Å². The van der Waals surface area contributed by atoms with E-state index in [2.05, 4.69) is 50.6 Å². The molecule has 2 heterocycles. The maximum atomic E-state index is 5.17. The fourth-order valence-corrected chi connectivity index (χ4v) is 2.14. The zero-order valence-electron chi connectivity index (χ0n) is 15.4. The van der Waals surface area contributed by atoms with Gasteiger partial charge in [0.05, 0.1) is 13.1 Å². The molecule has 2 aromatic heterocycles. The van der Waals surface area contributed by atoms with Crippen LogP contribution in [0.4, 0.5) is 0 Å². The molecule has 0 aromatic carbocycles. The van der Waals surface area contributed by atoms with Crippen LogP contribution >= 0.6 is 40.4 Å². The molecule has 2 rings (SSSR count). The SMILES string of the molecule is COC(OC)c1ccn(CCn2ccc(C(OC)OC)n2)n1.[Cl][Cu][Cl].[Cl][Cu][Cl]. The van der Waals surface area contributed by atoms with Crippen LogP contribution in [0.3, 0.4) is 0 Å². The summed E-state index contributed by atoms with van der Waals surface area (Å²) in [5, 5.41) is 8.84. The number of rotatable bonds is 9. The Morgan fingerprint density at radius 3 is 1.29 bits per heavy atom. The van der Waals surface area contributed by atoms with Crippen LogP contribution in [0.25, 0.3) is 0 Å². The van der Waals surface area contributed by atoms with Gasteiger partial charge in [0, 0.05) is 40.8 Å². The molecule has 0 aliphatic carbocycles. The number of hydrogen-bond acceptors (Lipinski definition) is 6. The van der Waals surface area contributed by atoms with Crippen molar-refractivity contribution in [1.29, 1.82) is 0 Å². The van der Waals surface area contributed by atoms with Gasteiger partial charge in [-0.25, -0.2) is 0 Å². The third-order valence-corrected chi connectivity index (χ3v) is 3.22. The quantitative estimate of drug-likeness (QED) is 0.329. The molecule has 8 nitrogen and oxygen atoms in total. The molecule has 0 N–H and O–H groups in total. The first-order valence-electron chi connectivity index (χ1n) is 7.35. The number of methoxy groups -OCH3 is 4. The van der Waals surface area contributed by atoms with E-state index in [0.29, 0.717) is 13.1 Å². The van der Waals surface area contributed by atoms with Crippen LogP contribution in [0.2, 0.25) is 0 Å². The van der Waals surface area contributed by atoms with Crippen molar-refractivity contribution in [3.8, 4) is 0 Å². The van der Waals surface area contributed by atoms with Gasteiger partial charge in [0.1, 0.15) is 11.4 Å². The van der Waals surface area contributed by atoms with E-state index >= 15 is 0 Å². The standard InChI is InChI=1S/C14H22N4O4.4ClH.2Cu/c1-19-13(20-2)11-5-7-17(15-11)9-10-18-8-6-12(16-18)14(21-3)22-4;;;;;;/h5-8,13-14H,9-10H2,1-4H3;4*1H;;/q;;;;;2*+2/p-4. The minimum atomic E-state index is -0.443. The first-order valence-corrected chi connectivity index (χ1v) is 12.5. The van der Waals surface area contributed by atoms with Crippen LogP contribution in [-0.4, -0.2) is 48.0 Å². The summed E-state index contributed by atoms with van der Waals surface area (Å²) in [4.78, 5) is 0. The van der Waals surface area contributed by atoms with Gasteiger partial charge in [-0.1, -0.05) is 0 Å². The molecule has 14 heteroatoms. The molecule has 0 saturated carbocycles. The normalized spacial score (nSPS) is 10.8. The predicted molar refractivity (Wildman–Crippen MR) is 101 cm³/mol. The summed E-state index contributed by atoms with van der Waals surface area (Å²) in [7, 11) is 25.0. The maximum absolute atomic E-state index is 5.17. The molecule has 0 fully saturated rings. The topological polar surface area (TPSA) is 72.6 Å². The van der Waals surface area contributed by atoms with Gasteiger partial charge in [-0.15, -0.1) is 0 Å². The molecule has 0 unspecified atom stereocenters. The van der Waals surface area contributed by atoms with E-state index in [-0.39, 0.29) is 0 Å². The van der Waals surface area contributed by atoms with Gasteiger partial charge in [-0.05, 0) is 12.1 Å². The molecule has 0 saturated heterocycles. The number of ether oxygens (including phenoxy) is 4. The second kappa shape index (κ2) is 18.2. The van der Waals surface area contributed by atoms with Crippen molar-refractivity contribution in [1.82, 2.24) is 19.6 Å². The summed E-state index contributed by atoms with van der Waals surface area (Å²) in [5.74, 6) is 0. The van der Waals surface area contributed by atoms with Crippen LogP contribution in [0.5, 0.6) is 0 Å². The molecular formula is C14H22Cl4Cu2N4O4. The fourth-order valence-electron chi connectivity index (χ4n) is 2.14. The number of aryl methyl sites for hydroxylation is 2. The number of halogens is 4. The third kappa shape index (κ3) is 11.0. The molecule has 0 spiro atoms. The zero-order valence-corrected chi connectivity index (χ0v) is 20.3. The van der Waals surface area contributed by atoms with Crippen LogP contribution in [-0.2, 0) is 58.3 Å². The summed E-state index contributed by atoms with van der Waals surface area (Å²) in [6.07, 6.45) is 2.89. The number of hydrogen-bond donors (Lipinski definition) is 0. The van der Waals surface area contributed by atoms with E-state index in [0.717, 1.165) is 37.7 Å². The van der Waals surface area contributed by atoms with Gasteiger partial charge in [-0.2, -0.15) is 10.2 Å². The monoisotopic (exact) mass is 576 g/mol. The Balaban J connectivity index is 0.00000108. The molecule has 0 amide bonds. The first-order chi connectivity index (χ1) is 13.5. The zero-order chi connectivity index (χ0) is 21.4. The summed E-state index contributed by atoms with van der Waals surface area (Å²) >= 11 is 1.51. The van der Waals surface area contributed by atoms with Crippen LogP contribution in [0.15, 0.2) is 24.5 Å². The Hall–Kier alpha value is 0.459. The van der Waals surface area contributed by atoms with E-state index < -0.39 is 12.6 Å². The van der Waals surface area contributed by atoms with Gasteiger partial charge in [0.2, 0.25) is 12.6 Å². The molecule has 0 atom stereocenters. The van der Waals surface area contributed by atoms with Crippen molar-refractivity contribution >= 4 is 40.4 Å². The molecule has 172 valence electrons. The van der Waals surface area contributed by atoms with E-state index in [4.69, 9.17) is 18.9 Å². The van der Waals surface area contributed by atoms with Crippen molar-refractivity contribution < 1.29 is 45.2 Å². The van der Waals surface area contributed by atoms with Gasteiger partial charge in [0.25, 0.3) is 0 Å². The number of aromatic nitrogens is 4. The average molecular weight is 579 g/mol. The summed E-state index contributed by atoms with van der Waals surface area (Å²) in [6.45, 7) is 1.37. The number of nitrogens with zero attached hydrogens (tertiary/aromatic N) is 4. The van der Waals surface area contributed by atoms with Crippen molar-refractivity contribution in [3.05, 3.63) is 35.9 Å². The molecular weight excluding hydrogens is 557 g/mol. The molecule has 28 heavy (non-hydrogen) atoms. The van der Waals surface area contributed by atoms with Gasteiger partial charge in [-0.3, -0.25) is 9.36 Å². The average Bonchev–Trinajstić information content (AvgIpc) is 3.34. The summed E-state index contributed by atoms with van der Waals surface area (Å²) in [6, 6.07) is 3.75. The second-order valence-electron chi connectivity index (χ2n) is 4.70. The van der Waals surface area contributed by atoms with Crippen LogP contribution in [0, 0.1) is 0 Å². The minimum absolute atomic E-state index is 0.443. The van der Waals surface area contributed by atoms with Crippen molar-refractivity contribution in [3.63, 3.8) is 0 Å². The van der Waals surface area contributed by atoms with Crippen molar-refractivity contribution in [2.45, 2.75) is 25.7 Å². The van der Waals surface area contributed by atoms with E-state index in [1.165, 1.54) is 0 Å². The predicted octanol–water partition coefficient (Wildman–Crippen LogP) is 4.12.